The summed E-state index contributed by atoms with van der Waals surface area (Å²) < 4.78 is 13.8. The van der Waals surface area contributed by atoms with Crippen molar-refractivity contribution in [1.82, 2.24) is 14.9 Å². The lowest BCUT2D eigenvalue weighted by Gasteiger charge is -2.20. The zero-order valence-electron chi connectivity index (χ0n) is 14.5. The van der Waals surface area contributed by atoms with Gasteiger partial charge in [-0.3, -0.25) is 4.79 Å². The highest BCUT2D eigenvalue weighted by Crippen LogP contribution is 2.53. The van der Waals surface area contributed by atoms with Crippen molar-refractivity contribution in [2.75, 3.05) is 10.6 Å². The second-order valence-electron chi connectivity index (χ2n) is 7.31. The van der Waals surface area contributed by atoms with E-state index in [1.54, 1.807) is 6.92 Å². The monoisotopic (exact) mass is 353 g/mol. The van der Waals surface area contributed by atoms with Crippen LogP contribution in [0.4, 0.5) is 21.8 Å². The number of hydrogen-bond donors (Lipinski definition) is 2. The molecule has 1 saturated carbocycles. The van der Waals surface area contributed by atoms with Gasteiger partial charge in [0.1, 0.15) is 0 Å². The summed E-state index contributed by atoms with van der Waals surface area (Å²) in [7, 11) is 0. The van der Waals surface area contributed by atoms with Gasteiger partial charge in [-0.25, -0.2) is 9.37 Å². The molecule has 1 saturated heterocycles. The number of carbonyl (C=O) groups is 1. The van der Waals surface area contributed by atoms with E-state index in [1.807, 2.05) is 11.0 Å². The zero-order valence-corrected chi connectivity index (χ0v) is 14.5. The summed E-state index contributed by atoms with van der Waals surface area (Å²) in [5, 5.41) is 6.25. The Morgan fingerprint density at radius 1 is 1.19 bits per heavy atom. The number of rotatable bonds is 4. The van der Waals surface area contributed by atoms with E-state index in [0.717, 1.165) is 31.4 Å². The summed E-state index contributed by atoms with van der Waals surface area (Å²) in [5.74, 6) is 0.292. The van der Waals surface area contributed by atoms with E-state index < -0.39 is 5.82 Å². The molecule has 5 rings (SSSR count). The van der Waals surface area contributed by atoms with Gasteiger partial charge in [-0.05, 0) is 48.9 Å². The molecule has 2 aromatic rings. The highest BCUT2D eigenvalue weighted by atomic mass is 19.1. The van der Waals surface area contributed by atoms with Crippen LogP contribution in [0.15, 0.2) is 24.4 Å². The normalized spacial score (nSPS) is 23.1. The van der Waals surface area contributed by atoms with E-state index in [4.69, 9.17) is 0 Å². The van der Waals surface area contributed by atoms with Crippen molar-refractivity contribution in [3.05, 3.63) is 41.3 Å². The van der Waals surface area contributed by atoms with Gasteiger partial charge in [-0.1, -0.05) is 6.07 Å². The maximum Gasteiger partial charge on any atom is 0.229 e. The van der Waals surface area contributed by atoms with Gasteiger partial charge in [-0.15, -0.1) is 0 Å². The number of hydrogen-bond acceptors (Lipinski definition) is 5. The van der Waals surface area contributed by atoms with E-state index in [9.17, 15) is 9.18 Å². The molecule has 3 heterocycles. The average molecular weight is 353 g/mol. The lowest BCUT2D eigenvalue weighted by atomic mass is 9.91. The Balaban J connectivity index is 1.40. The van der Waals surface area contributed by atoms with Gasteiger partial charge in [-0.2, -0.15) is 4.98 Å². The fraction of sp³-hybridized carbons (Fsp3) is 0.421. The summed E-state index contributed by atoms with van der Waals surface area (Å²) in [5.41, 5.74) is 3.28. The SMILES string of the molecule is CC(=O)N1[C@@H]2CC[C@H]1c1ccc(Nc3ncc(F)c(NC4CC4)n3)cc12. The lowest BCUT2D eigenvalue weighted by molar-refractivity contribution is -0.131. The van der Waals surface area contributed by atoms with Crippen LogP contribution in [0.1, 0.15) is 55.8 Å². The molecule has 6 nitrogen and oxygen atoms in total. The largest absolute Gasteiger partial charge is 0.365 e. The molecule has 1 aromatic carbocycles. The number of amides is 1. The minimum absolute atomic E-state index is 0.126. The van der Waals surface area contributed by atoms with Gasteiger partial charge in [0.05, 0.1) is 18.3 Å². The first-order chi connectivity index (χ1) is 12.6. The summed E-state index contributed by atoms with van der Waals surface area (Å²) in [6.45, 7) is 1.64. The molecular formula is C19H20FN5O. The summed E-state index contributed by atoms with van der Waals surface area (Å²) in [6.07, 6.45) is 5.32. The van der Waals surface area contributed by atoms with E-state index in [2.05, 4.69) is 32.7 Å². The van der Waals surface area contributed by atoms with Crippen molar-refractivity contribution >= 4 is 23.4 Å². The minimum Gasteiger partial charge on any atom is -0.365 e. The van der Waals surface area contributed by atoms with E-state index in [0.29, 0.717) is 12.0 Å². The Morgan fingerprint density at radius 3 is 2.69 bits per heavy atom. The fourth-order valence-electron chi connectivity index (χ4n) is 4.18. The maximum atomic E-state index is 13.8. The Hall–Kier alpha value is -2.70. The number of aromatic nitrogens is 2. The summed E-state index contributed by atoms with van der Waals surface area (Å²) in [4.78, 5) is 22.3. The van der Waals surface area contributed by atoms with E-state index in [-0.39, 0.29) is 23.8 Å². The highest BCUT2D eigenvalue weighted by Gasteiger charge is 2.45. The van der Waals surface area contributed by atoms with Gasteiger partial charge >= 0.3 is 0 Å². The molecule has 2 N–H and O–H groups in total. The van der Waals surface area contributed by atoms with Crippen LogP contribution < -0.4 is 10.6 Å². The summed E-state index contributed by atoms with van der Waals surface area (Å²) in [6, 6.07) is 6.80. The molecule has 2 fully saturated rings. The van der Waals surface area contributed by atoms with Crippen molar-refractivity contribution in [2.45, 2.75) is 50.7 Å². The Kier molecular flexibility index (Phi) is 3.38. The first-order valence-corrected chi connectivity index (χ1v) is 9.09. The summed E-state index contributed by atoms with van der Waals surface area (Å²) >= 11 is 0. The molecule has 1 aromatic heterocycles. The predicted molar refractivity (Wildman–Crippen MR) is 95.6 cm³/mol. The first-order valence-electron chi connectivity index (χ1n) is 9.09. The molecule has 1 aliphatic carbocycles. The molecule has 0 radical (unpaired) electrons. The third-order valence-electron chi connectivity index (χ3n) is 5.47. The number of anilines is 3. The lowest BCUT2D eigenvalue weighted by Crippen LogP contribution is -2.24. The van der Waals surface area contributed by atoms with E-state index in [1.165, 1.54) is 17.3 Å². The number of nitrogens with one attached hydrogen (secondary N) is 2. The van der Waals surface area contributed by atoms with Gasteiger partial charge in [0.2, 0.25) is 11.9 Å². The van der Waals surface area contributed by atoms with Crippen LogP contribution in [-0.4, -0.2) is 26.8 Å². The molecule has 2 bridgehead atoms. The average Bonchev–Trinajstić information content (AvgIpc) is 3.25. The van der Waals surface area contributed by atoms with Crippen LogP contribution in [0, 0.1) is 5.82 Å². The molecule has 0 spiro atoms. The maximum absolute atomic E-state index is 13.8. The second-order valence-corrected chi connectivity index (χ2v) is 7.31. The molecule has 3 aliphatic rings. The van der Waals surface area contributed by atoms with Crippen molar-refractivity contribution in [1.29, 1.82) is 0 Å². The van der Waals surface area contributed by atoms with Crippen LogP contribution in [0.25, 0.3) is 0 Å². The number of carbonyl (C=O) groups excluding carboxylic acids is 1. The van der Waals surface area contributed by atoms with Crippen LogP contribution >= 0.6 is 0 Å². The molecule has 0 unspecified atom stereocenters. The number of halogens is 1. The fourth-order valence-corrected chi connectivity index (χ4v) is 4.18. The number of nitrogens with zero attached hydrogens (tertiary/aromatic N) is 3. The smallest absolute Gasteiger partial charge is 0.229 e. The third kappa shape index (κ3) is 2.50. The molecule has 7 heteroatoms. The number of fused-ring (bicyclic) bond motifs is 5. The van der Waals surface area contributed by atoms with Gasteiger partial charge in [0.25, 0.3) is 0 Å². The van der Waals surface area contributed by atoms with Crippen molar-refractivity contribution in [3.8, 4) is 0 Å². The van der Waals surface area contributed by atoms with Crippen molar-refractivity contribution in [3.63, 3.8) is 0 Å². The Bertz CT molecular complexity index is 897. The molecular weight excluding hydrogens is 333 g/mol. The molecule has 1 amide bonds. The van der Waals surface area contributed by atoms with Crippen LogP contribution in [0.5, 0.6) is 0 Å². The topological polar surface area (TPSA) is 70.2 Å². The Labute approximate surface area is 150 Å². The highest BCUT2D eigenvalue weighted by molar-refractivity contribution is 5.77. The standard InChI is InChI=1S/C19H20FN5O/c1-10(26)25-16-6-7-17(25)14-8-12(4-5-13(14)16)23-19-21-9-15(20)18(24-19)22-11-2-3-11/h4-5,8-9,11,16-17H,2-3,6-7H2,1H3,(H2,21,22,23,24)/t16-,17+/m0/s1. The third-order valence-corrected chi connectivity index (χ3v) is 5.47. The predicted octanol–water partition coefficient (Wildman–Crippen LogP) is 3.67. The second kappa shape index (κ2) is 5.65. The van der Waals surface area contributed by atoms with Crippen LogP contribution in [0.2, 0.25) is 0 Å². The quantitative estimate of drug-likeness (QED) is 0.878. The van der Waals surface area contributed by atoms with E-state index >= 15 is 0 Å². The van der Waals surface area contributed by atoms with Crippen LogP contribution in [-0.2, 0) is 4.79 Å². The van der Waals surface area contributed by atoms with Gasteiger partial charge in [0, 0.05) is 18.7 Å². The molecule has 26 heavy (non-hydrogen) atoms. The van der Waals surface area contributed by atoms with Crippen molar-refractivity contribution in [2.24, 2.45) is 0 Å². The first kappa shape index (κ1) is 15.5. The zero-order chi connectivity index (χ0) is 17.8. The minimum atomic E-state index is -0.439. The van der Waals surface area contributed by atoms with Crippen LogP contribution in [0.3, 0.4) is 0 Å². The van der Waals surface area contributed by atoms with Gasteiger partial charge in [0.15, 0.2) is 11.6 Å². The number of benzene rings is 1. The van der Waals surface area contributed by atoms with Crippen molar-refractivity contribution < 1.29 is 9.18 Å². The Morgan fingerprint density at radius 2 is 1.96 bits per heavy atom. The molecule has 2 aliphatic heterocycles. The molecule has 134 valence electrons. The molecule has 2 atom stereocenters. The van der Waals surface area contributed by atoms with Gasteiger partial charge < -0.3 is 15.5 Å².